The lowest BCUT2D eigenvalue weighted by molar-refractivity contribution is -0.130. The number of rotatable bonds is 5. The van der Waals surface area contributed by atoms with Crippen LogP contribution in [0.3, 0.4) is 0 Å². The number of hydrogen-bond donors (Lipinski definition) is 2. The Morgan fingerprint density at radius 2 is 2.07 bits per heavy atom. The van der Waals surface area contributed by atoms with Gasteiger partial charge in [-0.05, 0) is 25.7 Å². The number of amides is 1. The van der Waals surface area contributed by atoms with Crippen molar-refractivity contribution < 1.29 is 9.90 Å². The van der Waals surface area contributed by atoms with Crippen molar-refractivity contribution in [2.45, 2.75) is 58.4 Å². The standard InChI is InChI=1S/C12H23NO2/c1-3-10(6-9-14)13-11(15)12(2)7-4-5-8-12/h10,14H,3-9H2,1-2H3,(H,13,15). The first-order valence-corrected chi connectivity index (χ1v) is 6.04. The summed E-state index contributed by atoms with van der Waals surface area (Å²) in [4.78, 5) is 12.0. The normalized spacial score (nSPS) is 21.3. The molecule has 1 amide bonds. The highest BCUT2D eigenvalue weighted by Crippen LogP contribution is 2.37. The van der Waals surface area contributed by atoms with Crippen LogP contribution in [0.4, 0.5) is 0 Å². The van der Waals surface area contributed by atoms with Gasteiger partial charge in [-0.3, -0.25) is 4.79 Å². The zero-order chi connectivity index (χ0) is 11.3. The molecule has 1 aliphatic carbocycles. The first-order valence-electron chi connectivity index (χ1n) is 6.04. The fraction of sp³-hybridized carbons (Fsp3) is 0.917. The van der Waals surface area contributed by atoms with Gasteiger partial charge in [-0.2, -0.15) is 0 Å². The Morgan fingerprint density at radius 1 is 1.47 bits per heavy atom. The molecule has 0 aliphatic heterocycles. The summed E-state index contributed by atoms with van der Waals surface area (Å²) in [5.74, 6) is 0.181. The Kier molecular flexibility index (Phi) is 4.58. The average molecular weight is 213 g/mol. The van der Waals surface area contributed by atoms with Gasteiger partial charge in [-0.1, -0.05) is 26.7 Å². The van der Waals surface area contributed by atoms with Crippen LogP contribution in [0.2, 0.25) is 0 Å². The molecular weight excluding hydrogens is 190 g/mol. The van der Waals surface area contributed by atoms with Crippen molar-refractivity contribution in [2.75, 3.05) is 6.61 Å². The van der Waals surface area contributed by atoms with Gasteiger partial charge in [-0.25, -0.2) is 0 Å². The van der Waals surface area contributed by atoms with Gasteiger partial charge in [0, 0.05) is 18.1 Å². The van der Waals surface area contributed by atoms with E-state index in [1.165, 1.54) is 12.8 Å². The third-order valence-electron chi connectivity index (χ3n) is 3.56. The lowest BCUT2D eigenvalue weighted by atomic mass is 9.87. The summed E-state index contributed by atoms with van der Waals surface area (Å²) in [6, 6.07) is 0.139. The predicted molar refractivity (Wildman–Crippen MR) is 60.5 cm³/mol. The van der Waals surface area contributed by atoms with Crippen LogP contribution in [0.1, 0.15) is 52.4 Å². The van der Waals surface area contributed by atoms with E-state index in [0.29, 0.717) is 6.42 Å². The topological polar surface area (TPSA) is 49.3 Å². The highest BCUT2D eigenvalue weighted by molar-refractivity contribution is 5.82. The molecule has 0 radical (unpaired) electrons. The predicted octanol–water partition coefficient (Wildman–Crippen LogP) is 1.84. The van der Waals surface area contributed by atoms with Gasteiger partial charge >= 0.3 is 0 Å². The molecule has 0 bridgehead atoms. The molecule has 0 saturated heterocycles. The van der Waals surface area contributed by atoms with E-state index in [1.807, 2.05) is 6.92 Å². The van der Waals surface area contributed by atoms with Crippen molar-refractivity contribution in [1.82, 2.24) is 5.32 Å². The van der Waals surface area contributed by atoms with Crippen LogP contribution >= 0.6 is 0 Å². The van der Waals surface area contributed by atoms with E-state index in [2.05, 4.69) is 12.2 Å². The van der Waals surface area contributed by atoms with Crippen LogP contribution in [0.5, 0.6) is 0 Å². The first kappa shape index (κ1) is 12.5. The van der Waals surface area contributed by atoms with E-state index in [0.717, 1.165) is 19.3 Å². The Labute approximate surface area is 92.3 Å². The highest BCUT2D eigenvalue weighted by Gasteiger charge is 2.36. The summed E-state index contributed by atoms with van der Waals surface area (Å²) in [6.07, 6.45) is 5.91. The van der Waals surface area contributed by atoms with Crippen LogP contribution in [0.15, 0.2) is 0 Å². The number of nitrogens with one attached hydrogen (secondary N) is 1. The van der Waals surface area contributed by atoms with E-state index in [-0.39, 0.29) is 24.0 Å². The third kappa shape index (κ3) is 3.20. The minimum absolute atomic E-state index is 0.139. The SMILES string of the molecule is CCC(CCO)NC(=O)C1(C)CCCC1. The van der Waals surface area contributed by atoms with Crippen molar-refractivity contribution >= 4 is 5.91 Å². The van der Waals surface area contributed by atoms with Crippen molar-refractivity contribution in [3.63, 3.8) is 0 Å². The maximum atomic E-state index is 12.0. The molecule has 1 saturated carbocycles. The van der Waals surface area contributed by atoms with Crippen LogP contribution in [-0.2, 0) is 4.79 Å². The molecule has 2 N–H and O–H groups in total. The van der Waals surface area contributed by atoms with E-state index in [9.17, 15) is 4.79 Å². The Bertz CT molecular complexity index is 210. The zero-order valence-corrected chi connectivity index (χ0v) is 9.88. The van der Waals surface area contributed by atoms with Crippen LogP contribution in [0, 0.1) is 5.41 Å². The Hall–Kier alpha value is -0.570. The molecule has 0 spiro atoms. The smallest absolute Gasteiger partial charge is 0.226 e. The zero-order valence-electron chi connectivity index (χ0n) is 9.88. The van der Waals surface area contributed by atoms with Gasteiger partial charge in [0.2, 0.25) is 5.91 Å². The second kappa shape index (κ2) is 5.50. The lowest BCUT2D eigenvalue weighted by Crippen LogP contribution is -2.43. The molecule has 0 aromatic carbocycles. The minimum atomic E-state index is -0.150. The minimum Gasteiger partial charge on any atom is -0.396 e. The number of carbonyl (C=O) groups excluding carboxylic acids is 1. The quantitative estimate of drug-likeness (QED) is 0.732. The molecule has 3 heteroatoms. The number of hydrogen-bond acceptors (Lipinski definition) is 2. The number of carbonyl (C=O) groups is 1. The molecule has 15 heavy (non-hydrogen) atoms. The van der Waals surface area contributed by atoms with Crippen molar-refractivity contribution in [3.05, 3.63) is 0 Å². The number of aliphatic hydroxyl groups is 1. The van der Waals surface area contributed by atoms with Crippen LogP contribution in [-0.4, -0.2) is 23.7 Å². The van der Waals surface area contributed by atoms with Crippen molar-refractivity contribution in [2.24, 2.45) is 5.41 Å². The van der Waals surface area contributed by atoms with E-state index in [1.54, 1.807) is 0 Å². The average Bonchev–Trinajstić information content (AvgIpc) is 2.65. The second-order valence-corrected chi connectivity index (χ2v) is 4.86. The fourth-order valence-electron chi connectivity index (χ4n) is 2.28. The Morgan fingerprint density at radius 3 is 2.53 bits per heavy atom. The summed E-state index contributed by atoms with van der Waals surface area (Å²) < 4.78 is 0. The van der Waals surface area contributed by atoms with E-state index in [4.69, 9.17) is 5.11 Å². The summed E-state index contributed by atoms with van der Waals surface area (Å²) >= 11 is 0. The van der Waals surface area contributed by atoms with Crippen LogP contribution in [0.25, 0.3) is 0 Å². The second-order valence-electron chi connectivity index (χ2n) is 4.86. The molecule has 0 aromatic heterocycles. The summed E-state index contributed by atoms with van der Waals surface area (Å²) in [6.45, 7) is 4.24. The molecular formula is C12H23NO2. The molecule has 1 atom stereocenters. The lowest BCUT2D eigenvalue weighted by Gasteiger charge is -2.26. The first-order chi connectivity index (χ1) is 7.12. The maximum absolute atomic E-state index is 12.0. The largest absolute Gasteiger partial charge is 0.396 e. The maximum Gasteiger partial charge on any atom is 0.226 e. The molecule has 0 heterocycles. The molecule has 88 valence electrons. The van der Waals surface area contributed by atoms with Gasteiger partial charge < -0.3 is 10.4 Å². The monoisotopic (exact) mass is 213 g/mol. The molecule has 3 nitrogen and oxygen atoms in total. The summed E-state index contributed by atoms with van der Waals surface area (Å²) in [5.41, 5.74) is -0.150. The van der Waals surface area contributed by atoms with Gasteiger partial charge in [-0.15, -0.1) is 0 Å². The van der Waals surface area contributed by atoms with E-state index >= 15 is 0 Å². The van der Waals surface area contributed by atoms with Gasteiger partial charge in [0.25, 0.3) is 0 Å². The fourth-order valence-corrected chi connectivity index (χ4v) is 2.28. The molecule has 1 fully saturated rings. The van der Waals surface area contributed by atoms with E-state index < -0.39 is 0 Å². The highest BCUT2D eigenvalue weighted by atomic mass is 16.3. The summed E-state index contributed by atoms with van der Waals surface area (Å²) in [5, 5.41) is 11.9. The van der Waals surface area contributed by atoms with Crippen LogP contribution < -0.4 is 5.32 Å². The van der Waals surface area contributed by atoms with Gasteiger partial charge in [0.1, 0.15) is 0 Å². The van der Waals surface area contributed by atoms with Gasteiger partial charge in [0.15, 0.2) is 0 Å². The number of aliphatic hydroxyl groups excluding tert-OH is 1. The molecule has 0 aromatic rings. The molecule has 1 rings (SSSR count). The molecule has 1 aliphatic rings. The van der Waals surface area contributed by atoms with Crippen molar-refractivity contribution in [1.29, 1.82) is 0 Å². The third-order valence-corrected chi connectivity index (χ3v) is 3.56. The Balaban J connectivity index is 2.45. The van der Waals surface area contributed by atoms with Crippen molar-refractivity contribution in [3.8, 4) is 0 Å². The molecule has 1 unspecified atom stereocenters. The van der Waals surface area contributed by atoms with Gasteiger partial charge in [0.05, 0.1) is 0 Å². The summed E-state index contributed by atoms with van der Waals surface area (Å²) in [7, 11) is 0.